The Morgan fingerprint density at radius 2 is 1.95 bits per heavy atom. The highest BCUT2D eigenvalue weighted by Gasteiger charge is 1.97. The molecule has 0 aliphatic rings. The van der Waals surface area contributed by atoms with Gasteiger partial charge in [-0.3, -0.25) is 4.98 Å². The number of hydrogen-bond donors (Lipinski definition) is 1. The first-order chi connectivity index (χ1) is 9.78. The maximum atomic E-state index is 5.68. The van der Waals surface area contributed by atoms with Crippen molar-refractivity contribution in [3.05, 3.63) is 47.9 Å². The molecule has 2 rings (SSSR count). The molecule has 20 heavy (non-hydrogen) atoms. The Morgan fingerprint density at radius 1 is 1.15 bits per heavy atom. The lowest BCUT2D eigenvalue weighted by atomic mass is 10.1. The molecule has 0 amide bonds. The van der Waals surface area contributed by atoms with Gasteiger partial charge in [-0.2, -0.15) is 0 Å². The summed E-state index contributed by atoms with van der Waals surface area (Å²) >= 11 is 0. The van der Waals surface area contributed by atoms with E-state index in [-0.39, 0.29) is 0 Å². The Hall–Kier alpha value is -2.10. The SMILES string of the molecule is CCCc1ccc(OCCNc2cncc(C)n2)cc1. The van der Waals surface area contributed by atoms with E-state index < -0.39 is 0 Å². The van der Waals surface area contributed by atoms with Crippen molar-refractivity contribution >= 4 is 5.82 Å². The third kappa shape index (κ3) is 4.53. The van der Waals surface area contributed by atoms with Gasteiger partial charge >= 0.3 is 0 Å². The fourth-order valence-corrected chi connectivity index (χ4v) is 1.94. The predicted octanol–water partition coefficient (Wildman–Crippen LogP) is 3.23. The number of nitrogens with zero attached hydrogens (tertiary/aromatic N) is 2. The van der Waals surface area contributed by atoms with E-state index in [0.29, 0.717) is 13.2 Å². The molecule has 1 aromatic heterocycles. The second-order valence-corrected chi connectivity index (χ2v) is 4.71. The van der Waals surface area contributed by atoms with Crippen LogP contribution < -0.4 is 10.1 Å². The molecular weight excluding hydrogens is 250 g/mol. The maximum absolute atomic E-state index is 5.68. The number of rotatable bonds is 7. The van der Waals surface area contributed by atoms with Gasteiger partial charge in [-0.15, -0.1) is 0 Å². The lowest BCUT2D eigenvalue weighted by molar-refractivity contribution is 0.332. The zero-order valence-corrected chi connectivity index (χ0v) is 12.1. The van der Waals surface area contributed by atoms with Crippen molar-refractivity contribution in [3.8, 4) is 5.75 Å². The van der Waals surface area contributed by atoms with Crippen molar-refractivity contribution in [2.24, 2.45) is 0 Å². The Kier molecular flexibility index (Phi) is 5.35. The lowest BCUT2D eigenvalue weighted by Gasteiger charge is -2.08. The van der Waals surface area contributed by atoms with Crippen LogP contribution in [0, 0.1) is 6.92 Å². The molecule has 1 N–H and O–H groups in total. The fraction of sp³-hybridized carbons (Fsp3) is 0.375. The van der Waals surface area contributed by atoms with E-state index in [9.17, 15) is 0 Å². The fourth-order valence-electron chi connectivity index (χ4n) is 1.94. The van der Waals surface area contributed by atoms with E-state index in [1.54, 1.807) is 12.4 Å². The second-order valence-electron chi connectivity index (χ2n) is 4.71. The molecule has 2 aromatic rings. The van der Waals surface area contributed by atoms with E-state index in [1.165, 1.54) is 12.0 Å². The van der Waals surface area contributed by atoms with Crippen molar-refractivity contribution in [2.45, 2.75) is 26.7 Å². The van der Waals surface area contributed by atoms with E-state index >= 15 is 0 Å². The van der Waals surface area contributed by atoms with Crippen molar-refractivity contribution < 1.29 is 4.74 Å². The highest BCUT2D eigenvalue weighted by Crippen LogP contribution is 2.13. The Labute approximate surface area is 120 Å². The van der Waals surface area contributed by atoms with Gasteiger partial charge in [0.2, 0.25) is 0 Å². The summed E-state index contributed by atoms with van der Waals surface area (Å²) in [5, 5.41) is 3.19. The van der Waals surface area contributed by atoms with E-state index in [1.807, 2.05) is 19.1 Å². The third-order valence-corrected chi connectivity index (χ3v) is 2.89. The van der Waals surface area contributed by atoms with Crippen LogP contribution in [-0.4, -0.2) is 23.1 Å². The normalized spacial score (nSPS) is 10.3. The zero-order chi connectivity index (χ0) is 14.2. The number of nitrogens with one attached hydrogen (secondary N) is 1. The molecule has 0 aliphatic carbocycles. The van der Waals surface area contributed by atoms with E-state index in [4.69, 9.17) is 4.74 Å². The van der Waals surface area contributed by atoms with Crippen LogP contribution in [0.4, 0.5) is 5.82 Å². The third-order valence-electron chi connectivity index (χ3n) is 2.89. The number of ether oxygens (including phenoxy) is 1. The molecule has 0 spiro atoms. The molecule has 0 bridgehead atoms. The van der Waals surface area contributed by atoms with Crippen molar-refractivity contribution in [1.29, 1.82) is 0 Å². The summed E-state index contributed by atoms with van der Waals surface area (Å²) in [6, 6.07) is 8.30. The zero-order valence-electron chi connectivity index (χ0n) is 12.1. The second kappa shape index (κ2) is 7.48. The Balaban J connectivity index is 1.73. The molecule has 0 saturated carbocycles. The van der Waals surface area contributed by atoms with Gasteiger partial charge in [0.15, 0.2) is 0 Å². The molecule has 4 nitrogen and oxygen atoms in total. The van der Waals surface area contributed by atoms with E-state index in [2.05, 4.69) is 34.3 Å². The largest absolute Gasteiger partial charge is 0.492 e. The number of aryl methyl sites for hydroxylation is 2. The van der Waals surface area contributed by atoms with Crippen LogP contribution in [-0.2, 0) is 6.42 Å². The average Bonchev–Trinajstić information content (AvgIpc) is 2.46. The van der Waals surface area contributed by atoms with Crippen LogP contribution in [0.2, 0.25) is 0 Å². The van der Waals surface area contributed by atoms with Crippen LogP contribution in [0.3, 0.4) is 0 Å². The van der Waals surface area contributed by atoms with Gasteiger partial charge in [0.05, 0.1) is 18.4 Å². The van der Waals surface area contributed by atoms with Crippen molar-refractivity contribution in [1.82, 2.24) is 9.97 Å². The van der Waals surface area contributed by atoms with Crippen LogP contribution in [0.5, 0.6) is 5.75 Å². The van der Waals surface area contributed by atoms with Crippen LogP contribution in [0.15, 0.2) is 36.7 Å². The van der Waals surface area contributed by atoms with Gasteiger partial charge in [-0.1, -0.05) is 25.5 Å². The first-order valence-electron chi connectivity index (χ1n) is 7.02. The standard InChI is InChI=1S/C16H21N3O/c1-3-4-14-5-7-15(8-6-14)20-10-9-18-16-12-17-11-13(2)19-16/h5-8,11-12H,3-4,9-10H2,1-2H3,(H,18,19). The Bertz CT molecular complexity index is 526. The molecule has 4 heteroatoms. The van der Waals surface area contributed by atoms with Crippen molar-refractivity contribution in [2.75, 3.05) is 18.5 Å². The first-order valence-corrected chi connectivity index (χ1v) is 7.02. The topological polar surface area (TPSA) is 47.0 Å². The Morgan fingerprint density at radius 3 is 2.65 bits per heavy atom. The first kappa shape index (κ1) is 14.3. The number of benzene rings is 1. The summed E-state index contributed by atoms with van der Waals surface area (Å²) in [7, 11) is 0. The molecule has 0 atom stereocenters. The minimum Gasteiger partial charge on any atom is -0.492 e. The molecular formula is C16H21N3O. The van der Waals surface area contributed by atoms with Gasteiger partial charge in [0.25, 0.3) is 0 Å². The highest BCUT2D eigenvalue weighted by atomic mass is 16.5. The number of hydrogen-bond acceptors (Lipinski definition) is 4. The summed E-state index contributed by atoms with van der Waals surface area (Å²) in [6.45, 7) is 5.41. The molecule has 0 fully saturated rings. The summed E-state index contributed by atoms with van der Waals surface area (Å²) in [6.07, 6.45) is 5.74. The van der Waals surface area contributed by atoms with Gasteiger partial charge in [0, 0.05) is 6.20 Å². The minimum atomic E-state index is 0.600. The molecule has 0 saturated heterocycles. The van der Waals surface area contributed by atoms with Crippen LogP contribution >= 0.6 is 0 Å². The monoisotopic (exact) mass is 271 g/mol. The van der Waals surface area contributed by atoms with Gasteiger partial charge in [-0.05, 0) is 31.0 Å². The summed E-state index contributed by atoms with van der Waals surface area (Å²) in [5.41, 5.74) is 2.26. The van der Waals surface area contributed by atoms with Gasteiger partial charge in [-0.25, -0.2) is 4.98 Å². The number of anilines is 1. The number of aromatic nitrogens is 2. The average molecular weight is 271 g/mol. The van der Waals surface area contributed by atoms with Gasteiger partial charge in [0.1, 0.15) is 18.2 Å². The van der Waals surface area contributed by atoms with Crippen LogP contribution in [0.25, 0.3) is 0 Å². The lowest BCUT2D eigenvalue weighted by Crippen LogP contribution is -2.12. The predicted molar refractivity (Wildman–Crippen MR) is 81.2 cm³/mol. The van der Waals surface area contributed by atoms with E-state index in [0.717, 1.165) is 23.7 Å². The molecule has 1 heterocycles. The molecule has 106 valence electrons. The molecule has 0 aliphatic heterocycles. The summed E-state index contributed by atoms with van der Waals surface area (Å²) in [4.78, 5) is 8.40. The summed E-state index contributed by atoms with van der Waals surface area (Å²) < 4.78 is 5.68. The molecule has 0 unspecified atom stereocenters. The maximum Gasteiger partial charge on any atom is 0.144 e. The molecule has 0 radical (unpaired) electrons. The summed E-state index contributed by atoms with van der Waals surface area (Å²) in [5.74, 6) is 1.69. The van der Waals surface area contributed by atoms with Crippen molar-refractivity contribution in [3.63, 3.8) is 0 Å². The smallest absolute Gasteiger partial charge is 0.144 e. The molecule has 1 aromatic carbocycles. The highest BCUT2D eigenvalue weighted by molar-refractivity contribution is 5.31. The van der Waals surface area contributed by atoms with Crippen LogP contribution in [0.1, 0.15) is 24.6 Å². The quantitative estimate of drug-likeness (QED) is 0.785. The van der Waals surface area contributed by atoms with Gasteiger partial charge < -0.3 is 10.1 Å². The minimum absolute atomic E-state index is 0.600.